The minimum absolute atomic E-state index is 0.0701. The molecule has 0 amide bonds. The van der Waals surface area contributed by atoms with Crippen LogP contribution in [0.5, 0.6) is 0 Å². The zero-order chi connectivity index (χ0) is 19.6. The number of benzene rings is 1. The van der Waals surface area contributed by atoms with Gasteiger partial charge in [0.25, 0.3) is 5.56 Å². The number of H-pyrrole nitrogens is 1. The summed E-state index contributed by atoms with van der Waals surface area (Å²) in [4.78, 5) is 27.0. The summed E-state index contributed by atoms with van der Waals surface area (Å²) in [5, 5.41) is 0. The molecule has 4 nitrogen and oxygen atoms in total. The lowest BCUT2D eigenvalue weighted by molar-refractivity contribution is 0.0956. The minimum Gasteiger partial charge on any atom is -0.453 e. The van der Waals surface area contributed by atoms with Gasteiger partial charge in [-0.15, -0.1) is 0 Å². The molecule has 1 N–H and O–H groups in total. The van der Waals surface area contributed by atoms with Crippen molar-refractivity contribution < 1.29 is 18.0 Å². The van der Waals surface area contributed by atoms with Crippen molar-refractivity contribution in [1.82, 2.24) is 4.98 Å². The van der Waals surface area contributed by atoms with Crippen molar-refractivity contribution in [1.29, 1.82) is 0 Å². The zero-order valence-electron chi connectivity index (χ0n) is 15.1. The lowest BCUT2D eigenvalue weighted by Gasteiger charge is -2.05. The van der Waals surface area contributed by atoms with Crippen molar-refractivity contribution in [2.24, 2.45) is 0 Å². The van der Waals surface area contributed by atoms with Gasteiger partial charge in [0, 0.05) is 29.3 Å². The number of nitrogens with one attached hydrogen (secondary N) is 1. The number of aryl methyl sites for hydroxylation is 3. The summed E-state index contributed by atoms with van der Waals surface area (Å²) in [5.74, 6) is -0.941. The van der Waals surface area contributed by atoms with Crippen LogP contribution in [-0.4, -0.2) is 10.8 Å². The van der Waals surface area contributed by atoms with Crippen LogP contribution in [0.2, 0.25) is 0 Å². The second kappa shape index (κ2) is 7.70. The van der Waals surface area contributed by atoms with Crippen LogP contribution in [0.1, 0.15) is 40.7 Å². The van der Waals surface area contributed by atoms with E-state index in [-0.39, 0.29) is 29.9 Å². The van der Waals surface area contributed by atoms with E-state index in [1.807, 2.05) is 6.92 Å². The Balaban J connectivity index is 1.77. The fourth-order valence-corrected chi connectivity index (χ4v) is 2.95. The maximum Gasteiger partial charge on any atom is 0.251 e. The number of rotatable bonds is 6. The minimum atomic E-state index is -0.669. The second-order valence-electron chi connectivity index (χ2n) is 6.38. The third-order valence-electron chi connectivity index (χ3n) is 4.41. The molecular formula is C21H19F2NO3. The highest BCUT2D eigenvalue weighted by atomic mass is 19.1. The van der Waals surface area contributed by atoms with Crippen molar-refractivity contribution in [3.63, 3.8) is 0 Å². The molecule has 0 saturated carbocycles. The van der Waals surface area contributed by atoms with E-state index in [2.05, 4.69) is 4.98 Å². The molecule has 0 aliphatic heterocycles. The quantitative estimate of drug-likeness (QED) is 0.644. The highest BCUT2D eigenvalue weighted by Crippen LogP contribution is 2.25. The normalized spacial score (nSPS) is 11.0. The average Bonchev–Trinajstić information content (AvgIpc) is 3.09. The van der Waals surface area contributed by atoms with Gasteiger partial charge in [0.2, 0.25) is 0 Å². The predicted octanol–water partition coefficient (Wildman–Crippen LogP) is 4.60. The summed E-state index contributed by atoms with van der Waals surface area (Å²) >= 11 is 0. The van der Waals surface area contributed by atoms with E-state index in [0.29, 0.717) is 29.0 Å². The van der Waals surface area contributed by atoms with Crippen molar-refractivity contribution >= 4 is 5.78 Å². The van der Waals surface area contributed by atoms with E-state index in [4.69, 9.17) is 4.42 Å². The number of Topliss-reactive ketones (excluding diaryl/α,β-unsaturated/α-hetero) is 1. The molecule has 0 bridgehead atoms. The van der Waals surface area contributed by atoms with Crippen molar-refractivity contribution in [3.8, 4) is 11.3 Å². The zero-order valence-corrected chi connectivity index (χ0v) is 15.1. The number of hydrogen-bond acceptors (Lipinski definition) is 3. The third kappa shape index (κ3) is 4.22. The fraction of sp³-hybridized carbons (Fsp3) is 0.238. The Morgan fingerprint density at radius 3 is 2.48 bits per heavy atom. The maximum atomic E-state index is 13.2. The molecule has 2 heterocycles. The van der Waals surface area contributed by atoms with Gasteiger partial charge in [0.05, 0.1) is 0 Å². The Labute approximate surface area is 154 Å². The van der Waals surface area contributed by atoms with Crippen LogP contribution in [0.15, 0.2) is 45.6 Å². The van der Waals surface area contributed by atoms with Gasteiger partial charge < -0.3 is 9.40 Å². The molecular weight excluding hydrogens is 352 g/mol. The molecule has 0 unspecified atom stereocenters. The Bertz CT molecular complexity index is 1030. The largest absolute Gasteiger partial charge is 0.453 e. The van der Waals surface area contributed by atoms with E-state index in [0.717, 1.165) is 11.6 Å². The summed E-state index contributed by atoms with van der Waals surface area (Å²) in [7, 11) is 0. The number of carbonyl (C=O) groups is 1. The lowest BCUT2D eigenvalue weighted by atomic mass is 10.1. The van der Waals surface area contributed by atoms with Crippen LogP contribution in [0.4, 0.5) is 8.78 Å². The summed E-state index contributed by atoms with van der Waals surface area (Å²) in [5.41, 5.74) is 2.28. The first-order valence-electron chi connectivity index (χ1n) is 8.68. The number of halogens is 2. The molecule has 0 spiro atoms. The third-order valence-corrected chi connectivity index (χ3v) is 4.41. The molecule has 0 fully saturated rings. The predicted molar refractivity (Wildman–Crippen MR) is 97.9 cm³/mol. The van der Waals surface area contributed by atoms with Gasteiger partial charge in [-0.1, -0.05) is 6.92 Å². The average molecular weight is 371 g/mol. The highest BCUT2D eigenvalue weighted by molar-refractivity contribution is 5.94. The molecule has 0 saturated heterocycles. The van der Waals surface area contributed by atoms with Gasteiger partial charge in [-0.2, -0.15) is 0 Å². The molecule has 2 aromatic heterocycles. The van der Waals surface area contributed by atoms with Crippen LogP contribution in [-0.2, 0) is 12.8 Å². The number of furan rings is 1. The van der Waals surface area contributed by atoms with Crippen molar-refractivity contribution in [2.75, 3.05) is 0 Å². The molecule has 1 aromatic carbocycles. The fourth-order valence-electron chi connectivity index (χ4n) is 2.95. The molecule has 3 aromatic rings. The molecule has 0 radical (unpaired) electrons. The number of carbonyl (C=O) groups excluding carboxylic acids is 1. The van der Waals surface area contributed by atoms with Crippen LogP contribution in [0.25, 0.3) is 11.3 Å². The van der Waals surface area contributed by atoms with Gasteiger partial charge in [0.15, 0.2) is 11.5 Å². The van der Waals surface area contributed by atoms with Gasteiger partial charge in [0.1, 0.15) is 17.4 Å². The Kier molecular flexibility index (Phi) is 5.35. The monoisotopic (exact) mass is 371 g/mol. The molecule has 0 aliphatic carbocycles. The first-order valence-corrected chi connectivity index (χ1v) is 8.68. The van der Waals surface area contributed by atoms with Gasteiger partial charge in [-0.3, -0.25) is 9.59 Å². The van der Waals surface area contributed by atoms with Crippen LogP contribution >= 0.6 is 0 Å². The number of ketones is 1. The van der Waals surface area contributed by atoms with Gasteiger partial charge in [-0.25, -0.2) is 8.78 Å². The maximum absolute atomic E-state index is 13.2. The highest BCUT2D eigenvalue weighted by Gasteiger charge is 2.15. The van der Waals surface area contributed by atoms with Gasteiger partial charge in [-0.05, 0) is 55.7 Å². The van der Waals surface area contributed by atoms with E-state index in [9.17, 15) is 18.4 Å². The number of aromatic amines is 1. The molecule has 0 aliphatic rings. The summed E-state index contributed by atoms with van der Waals surface area (Å²) in [6.07, 6.45) is 0.862. The van der Waals surface area contributed by atoms with Crippen molar-refractivity contribution in [3.05, 3.63) is 81.0 Å². The second-order valence-corrected chi connectivity index (χ2v) is 6.38. The molecule has 140 valence electrons. The molecule has 3 rings (SSSR count). The summed E-state index contributed by atoms with van der Waals surface area (Å²) in [6, 6.07) is 8.22. The summed E-state index contributed by atoms with van der Waals surface area (Å²) in [6.45, 7) is 3.65. The van der Waals surface area contributed by atoms with Crippen LogP contribution in [0.3, 0.4) is 0 Å². The topological polar surface area (TPSA) is 63.1 Å². The Morgan fingerprint density at radius 2 is 1.81 bits per heavy atom. The Morgan fingerprint density at radius 1 is 1.11 bits per heavy atom. The Hall–Kier alpha value is -3.02. The van der Waals surface area contributed by atoms with Crippen LogP contribution < -0.4 is 5.56 Å². The van der Waals surface area contributed by atoms with Crippen molar-refractivity contribution in [2.45, 2.75) is 33.1 Å². The molecule has 0 atom stereocenters. The molecule has 27 heavy (non-hydrogen) atoms. The SMILES string of the molecule is CCc1cc(-c2ccc(C(=O)CCc3cc(F)cc(F)c3)o2)c(C)[nH]c1=O. The van der Waals surface area contributed by atoms with E-state index in [1.54, 1.807) is 25.1 Å². The standard InChI is InChI=1S/C21H19F2NO3/c1-3-14-10-17(12(2)24-21(14)26)19-6-7-20(27-19)18(25)5-4-13-8-15(22)11-16(23)9-13/h6-11H,3-5H2,1-2H3,(H,24,26). The van der Waals surface area contributed by atoms with E-state index >= 15 is 0 Å². The smallest absolute Gasteiger partial charge is 0.251 e. The number of aromatic nitrogens is 1. The molecule has 6 heteroatoms. The lowest BCUT2D eigenvalue weighted by Crippen LogP contribution is -2.13. The summed E-state index contributed by atoms with van der Waals surface area (Å²) < 4.78 is 32.1. The first-order chi connectivity index (χ1) is 12.9. The van der Waals surface area contributed by atoms with E-state index in [1.165, 1.54) is 12.1 Å². The van der Waals surface area contributed by atoms with Crippen LogP contribution in [0, 0.1) is 18.6 Å². The van der Waals surface area contributed by atoms with Gasteiger partial charge >= 0.3 is 0 Å². The van der Waals surface area contributed by atoms with E-state index < -0.39 is 11.6 Å². The number of pyridine rings is 1. The number of hydrogen-bond donors (Lipinski definition) is 1. The first kappa shape index (κ1) is 18.8.